The average Bonchev–Trinajstić information content (AvgIpc) is 2.96. The quantitative estimate of drug-likeness (QED) is 0.862. The molecule has 0 aliphatic carbocycles. The molecule has 0 unspecified atom stereocenters. The standard InChI is InChI=1S/C12H12N4OS/c1-7-14-12(18-16-7)15-11(17)8-2-3-9-5-13-6-10(9)4-8/h2-4,13H,5-6H2,1H3,(H,14,15,16,17). The molecule has 2 aromatic rings. The number of hydrogen-bond acceptors (Lipinski definition) is 5. The molecule has 1 amide bonds. The van der Waals surface area contributed by atoms with Gasteiger partial charge in [0.15, 0.2) is 0 Å². The van der Waals surface area contributed by atoms with Crippen LogP contribution in [0.4, 0.5) is 5.13 Å². The number of nitrogens with zero attached hydrogens (tertiary/aromatic N) is 2. The molecule has 2 N–H and O–H groups in total. The molecule has 1 aliphatic heterocycles. The molecule has 6 heteroatoms. The summed E-state index contributed by atoms with van der Waals surface area (Å²) in [4.78, 5) is 16.1. The Morgan fingerprint density at radius 3 is 3.00 bits per heavy atom. The summed E-state index contributed by atoms with van der Waals surface area (Å²) >= 11 is 1.19. The fourth-order valence-electron chi connectivity index (χ4n) is 1.95. The topological polar surface area (TPSA) is 66.9 Å². The second-order valence-corrected chi connectivity index (χ2v) is 4.94. The first kappa shape index (κ1) is 11.3. The van der Waals surface area contributed by atoms with E-state index in [4.69, 9.17) is 0 Å². The van der Waals surface area contributed by atoms with Crippen LogP contribution in [-0.2, 0) is 13.1 Å². The highest BCUT2D eigenvalue weighted by atomic mass is 32.1. The van der Waals surface area contributed by atoms with Crippen LogP contribution in [0.25, 0.3) is 0 Å². The summed E-state index contributed by atoms with van der Waals surface area (Å²) < 4.78 is 4.03. The summed E-state index contributed by atoms with van der Waals surface area (Å²) in [7, 11) is 0. The molecule has 2 heterocycles. The first-order valence-corrected chi connectivity index (χ1v) is 6.44. The number of carbonyl (C=O) groups is 1. The fourth-order valence-corrected chi connectivity index (χ4v) is 2.52. The van der Waals surface area contributed by atoms with Gasteiger partial charge in [-0.2, -0.15) is 4.37 Å². The zero-order chi connectivity index (χ0) is 12.5. The third-order valence-electron chi connectivity index (χ3n) is 2.85. The van der Waals surface area contributed by atoms with Crippen LogP contribution in [0.3, 0.4) is 0 Å². The number of aromatic nitrogens is 2. The van der Waals surface area contributed by atoms with Crippen LogP contribution in [0.1, 0.15) is 27.3 Å². The highest BCUT2D eigenvalue weighted by molar-refractivity contribution is 7.09. The molecular weight excluding hydrogens is 248 g/mol. The molecule has 1 aromatic heterocycles. The summed E-state index contributed by atoms with van der Waals surface area (Å²) in [5, 5.41) is 6.55. The van der Waals surface area contributed by atoms with Gasteiger partial charge in [0.2, 0.25) is 5.13 Å². The number of aryl methyl sites for hydroxylation is 1. The van der Waals surface area contributed by atoms with Crippen LogP contribution >= 0.6 is 11.5 Å². The second-order valence-electron chi connectivity index (χ2n) is 4.19. The van der Waals surface area contributed by atoms with Gasteiger partial charge in [-0.1, -0.05) is 6.07 Å². The number of carbonyl (C=O) groups excluding carboxylic acids is 1. The SMILES string of the molecule is Cc1nsc(NC(=O)c2ccc3c(c2)CNC3)n1. The Kier molecular flexibility index (Phi) is 2.81. The Balaban J connectivity index is 1.80. The van der Waals surface area contributed by atoms with E-state index < -0.39 is 0 Å². The van der Waals surface area contributed by atoms with Crippen molar-refractivity contribution in [2.75, 3.05) is 5.32 Å². The fraction of sp³-hybridized carbons (Fsp3) is 0.250. The minimum absolute atomic E-state index is 0.138. The summed E-state index contributed by atoms with van der Waals surface area (Å²) in [6.07, 6.45) is 0. The molecule has 3 rings (SSSR count). The monoisotopic (exact) mass is 260 g/mol. The Bertz CT molecular complexity index is 608. The van der Waals surface area contributed by atoms with E-state index in [-0.39, 0.29) is 5.91 Å². The molecule has 0 saturated carbocycles. The Hall–Kier alpha value is -1.79. The number of nitrogens with one attached hydrogen (secondary N) is 2. The highest BCUT2D eigenvalue weighted by Crippen LogP contribution is 2.18. The molecule has 5 nitrogen and oxygen atoms in total. The molecule has 92 valence electrons. The molecule has 0 spiro atoms. The Morgan fingerprint density at radius 1 is 1.39 bits per heavy atom. The van der Waals surface area contributed by atoms with E-state index in [0.717, 1.165) is 13.1 Å². The van der Waals surface area contributed by atoms with Gasteiger partial charge in [0.1, 0.15) is 5.82 Å². The Labute approximate surface area is 108 Å². The third kappa shape index (κ3) is 2.12. The van der Waals surface area contributed by atoms with E-state index in [9.17, 15) is 4.79 Å². The van der Waals surface area contributed by atoms with Gasteiger partial charge in [-0.25, -0.2) is 4.98 Å². The van der Waals surface area contributed by atoms with Gasteiger partial charge in [-0.3, -0.25) is 10.1 Å². The molecule has 0 atom stereocenters. The minimum atomic E-state index is -0.138. The van der Waals surface area contributed by atoms with Crippen molar-refractivity contribution in [3.8, 4) is 0 Å². The smallest absolute Gasteiger partial charge is 0.257 e. The lowest BCUT2D eigenvalue weighted by molar-refractivity contribution is 0.102. The van der Waals surface area contributed by atoms with Gasteiger partial charge in [-0.05, 0) is 30.2 Å². The molecule has 0 fully saturated rings. The summed E-state index contributed by atoms with van der Waals surface area (Å²) in [5.41, 5.74) is 3.11. The molecular formula is C12H12N4OS. The van der Waals surface area contributed by atoms with Crippen molar-refractivity contribution in [1.29, 1.82) is 0 Å². The lowest BCUT2D eigenvalue weighted by Crippen LogP contribution is -2.12. The molecule has 1 aliphatic rings. The number of anilines is 1. The normalized spacial score (nSPS) is 13.4. The largest absolute Gasteiger partial charge is 0.309 e. The van der Waals surface area contributed by atoms with Crippen molar-refractivity contribution in [1.82, 2.24) is 14.7 Å². The maximum absolute atomic E-state index is 12.0. The van der Waals surface area contributed by atoms with Gasteiger partial charge in [0.25, 0.3) is 5.91 Å². The Morgan fingerprint density at radius 2 is 2.22 bits per heavy atom. The van der Waals surface area contributed by atoms with E-state index >= 15 is 0 Å². The van der Waals surface area contributed by atoms with E-state index in [2.05, 4.69) is 20.0 Å². The van der Waals surface area contributed by atoms with Gasteiger partial charge in [0, 0.05) is 30.2 Å². The number of amides is 1. The first-order chi connectivity index (χ1) is 8.72. The summed E-state index contributed by atoms with van der Waals surface area (Å²) in [5.74, 6) is 0.536. The highest BCUT2D eigenvalue weighted by Gasteiger charge is 2.14. The third-order valence-corrected chi connectivity index (χ3v) is 3.57. The molecule has 0 bridgehead atoms. The van der Waals surface area contributed by atoms with Gasteiger partial charge in [-0.15, -0.1) is 0 Å². The number of fused-ring (bicyclic) bond motifs is 1. The van der Waals surface area contributed by atoms with Crippen molar-refractivity contribution < 1.29 is 4.79 Å². The van der Waals surface area contributed by atoms with Crippen molar-refractivity contribution in [3.05, 3.63) is 40.7 Å². The van der Waals surface area contributed by atoms with Gasteiger partial charge in [0.05, 0.1) is 0 Å². The molecule has 18 heavy (non-hydrogen) atoms. The lowest BCUT2D eigenvalue weighted by atomic mass is 10.1. The van der Waals surface area contributed by atoms with Crippen molar-refractivity contribution in [2.45, 2.75) is 20.0 Å². The predicted molar refractivity (Wildman–Crippen MR) is 69.6 cm³/mol. The number of benzene rings is 1. The zero-order valence-electron chi connectivity index (χ0n) is 9.86. The lowest BCUT2D eigenvalue weighted by Gasteiger charge is -2.03. The first-order valence-electron chi connectivity index (χ1n) is 5.66. The predicted octanol–water partition coefficient (Wildman–Crippen LogP) is 1.70. The van der Waals surface area contributed by atoms with Crippen LogP contribution < -0.4 is 10.6 Å². The average molecular weight is 260 g/mol. The minimum Gasteiger partial charge on any atom is -0.309 e. The molecule has 0 radical (unpaired) electrons. The van der Waals surface area contributed by atoms with E-state index in [1.807, 2.05) is 18.2 Å². The van der Waals surface area contributed by atoms with Crippen LogP contribution in [-0.4, -0.2) is 15.3 Å². The van der Waals surface area contributed by atoms with Crippen LogP contribution in [0, 0.1) is 6.92 Å². The van der Waals surface area contributed by atoms with Gasteiger partial charge < -0.3 is 5.32 Å². The maximum Gasteiger partial charge on any atom is 0.257 e. The van der Waals surface area contributed by atoms with Crippen LogP contribution in [0.15, 0.2) is 18.2 Å². The van der Waals surface area contributed by atoms with Crippen LogP contribution in [0.2, 0.25) is 0 Å². The van der Waals surface area contributed by atoms with Crippen molar-refractivity contribution in [2.24, 2.45) is 0 Å². The second kappa shape index (κ2) is 4.47. The molecule has 0 saturated heterocycles. The van der Waals surface area contributed by atoms with Crippen molar-refractivity contribution >= 4 is 22.6 Å². The number of rotatable bonds is 2. The van der Waals surface area contributed by atoms with Crippen LogP contribution in [0.5, 0.6) is 0 Å². The maximum atomic E-state index is 12.0. The summed E-state index contributed by atoms with van der Waals surface area (Å²) in [6, 6.07) is 5.77. The van der Waals surface area contributed by atoms with Gasteiger partial charge >= 0.3 is 0 Å². The number of hydrogen-bond donors (Lipinski definition) is 2. The zero-order valence-corrected chi connectivity index (χ0v) is 10.7. The van der Waals surface area contributed by atoms with E-state index in [0.29, 0.717) is 16.5 Å². The summed E-state index contributed by atoms with van der Waals surface area (Å²) in [6.45, 7) is 3.51. The van der Waals surface area contributed by atoms with E-state index in [1.165, 1.54) is 22.7 Å². The van der Waals surface area contributed by atoms with Crippen molar-refractivity contribution in [3.63, 3.8) is 0 Å². The van der Waals surface area contributed by atoms with E-state index in [1.54, 1.807) is 6.92 Å². The molecule has 1 aromatic carbocycles.